The SMILES string of the molecule is CN(CCCO)[C@@H]1CCN(Cc2ccccc2)C1. The Hall–Kier alpha value is -0.900. The average molecular weight is 248 g/mol. The van der Waals surface area contributed by atoms with Gasteiger partial charge in [-0.2, -0.15) is 0 Å². The van der Waals surface area contributed by atoms with E-state index in [1.165, 1.54) is 18.5 Å². The zero-order valence-corrected chi connectivity index (χ0v) is 11.3. The average Bonchev–Trinajstić information content (AvgIpc) is 2.86. The van der Waals surface area contributed by atoms with Crippen molar-refractivity contribution in [2.45, 2.75) is 25.4 Å². The number of nitrogens with zero attached hydrogens (tertiary/aromatic N) is 2. The van der Waals surface area contributed by atoms with E-state index >= 15 is 0 Å². The van der Waals surface area contributed by atoms with Crippen molar-refractivity contribution in [2.24, 2.45) is 0 Å². The van der Waals surface area contributed by atoms with Crippen molar-refractivity contribution in [3.63, 3.8) is 0 Å². The number of aliphatic hydroxyl groups excluding tert-OH is 1. The summed E-state index contributed by atoms with van der Waals surface area (Å²) >= 11 is 0. The van der Waals surface area contributed by atoms with Crippen molar-refractivity contribution in [2.75, 3.05) is 33.3 Å². The first kappa shape index (κ1) is 13.5. The highest BCUT2D eigenvalue weighted by Crippen LogP contribution is 2.17. The zero-order chi connectivity index (χ0) is 12.8. The number of likely N-dealkylation sites (tertiary alicyclic amines) is 1. The van der Waals surface area contributed by atoms with Gasteiger partial charge in [-0.1, -0.05) is 30.3 Å². The van der Waals surface area contributed by atoms with E-state index in [0.717, 1.165) is 26.1 Å². The second kappa shape index (κ2) is 6.88. The lowest BCUT2D eigenvalue weighted by Crippen LogP contribution is -2.35. The van der Waals surface area contributed by atoms with Gasteiger partial charge in [0.25, 0.3) is 0 Å². The third kappa shape index (κ3) is 3.80. The van der Waals surface area contributed by atoms with Gasteiger partial charge in [0.05, 0.1) is 0 Å². The number of rotatable bonds is 6. The van der Waals surface area contributed by atoms with E-state index in [4.69, 9.17) is 5.11 Å². The summed E-state index contributed by atoms with van der Waals surface area (Å²) in [6, 6.07) is 11.3. The maximum atomic E-state index is 8.87. The van der Waals surface area contributed by atoms with E-state index in [2.05, 4.69) is 47.2 Å². The van der Waals surface area contributed by atoms with Gasteiger partial charge >= 0.3 is 0 Å². The second-order valence-electron chi connectivity index (χ2n) is 5.22. The molecule has 0 unspecified atom stereocenters. The molecule has 1 heterocycles. The van der Waals surface area contributed by atoms with Crippen LogP contribution in [0.3, 0.4) is 0 Å². The molecule has 1 N–H and O–H groups in total. The van der Waals surface area contributed by atoms with Crippen LogP contribution >= 0.6 is 0 Å². The van der Waals surface area contributed by atoms with Crippen LogP contribution in [0.4, 0.5) is 0 Å². The maximum absolute atomic E-state index is 8.87. The van der Waals surface area contributed by atoms with E-state index in [9.17, 15) is 0 Å². The summed E-state index contributed by atoms with van der Waals surface area (Å²) in [4.78, 5) is 4.91. The van der Waals surface area contributed by atoms with Gasteiger partial charge in [-0.15, -0.1) is 0 Å². The molecule has 3 nitrogen and oxygen atoms in total. The van der Waals surface area contributed by atoms with Crippen LogP contribution in [0.5, 0.6) is 0 Å². The molecule has 3 heteroatoms. The number of benzene rings is 1. The molecule has 1 saturated heterocycles. The van der Waals surface area contributed by atoms with Gasteiger partial charge in [0.15, 0.2) is 0 Å². The van der Waals surface area contributed by atoms with Crippen LogP contribution in [0.15, 0.2) is 30.3 Å². The fourth-order valence-electron chi connectivity index (χ4n) is 2.66. The molecule has 1 fully saturated rings. The van der Waals surface area contributed by atoms with Crippen LogP contribution in [0.25, 0.3) is 0 Å². The van der Waals surface area contributed by atoms with E-state index < -0.39 is 0 Å². The Morgan fingerprint density at radius 2 is 2.11 bits per heavy atom. The Labute approximate surface area is 110 Å². The molecule has 18 heavy (non-hydrogen) atoms. The van der Waals surface area contributed by atoms with Gasteiger partial charge in [0.1, 0.15) is 0 Å². The smallest absolute Gasteiger partial charge is 0.0443 e. The molecule has 2 rings (SSSR count). The largest absolute Gasteiger partial charge is 0.396 e. The topological polar surface area (TPSA) is 26.7 Å². The molecule has 0 aliphatic carbocycles. The summed E-state index contributed by atoms with van der Waals surface area (Å²) < 4.78 is 0. The summed E-state index contributed by atoms with van der Waals surface area (Å²) in [6.45, 7) is 4.69. The minimum absolute atomic E-state index is 0.296. The Kier molecular flexibility index (Phi) is 5.17. The summed E-state index contributed by atoms with van der Waals surface area (Å²) in [7, 11) is 2.17. The molecule has 0 aromatic heterocycles. The molecule has 0 spiro atoms. The Balaban J connectivity index is 1.78. The molecule has 1 aromatic rings. The molecule has 1 aliphatic rings. The predicted molar refractivity (Wildman–Crippen MR) is 74.5 cm³/mol. The standard InChI is InChI=1S/C15H24N2O/c1-16(9-5-11-18)15-8-10-17(13-15)12-14-6-3-2-4-7-14/h2-4,6-7,15,18H,5,8-13H2,1H3/t15-/m1/s1. The highest BCUT2D eigenvalue weighted by Gasteiger charge is 2.25. The van der Waals surface area contributed by atoms with Crippen LogP contribution in [-0.4, -0.2) is 54.2 Å². The second-order valence-corrected chi connectivity index (χ2v) is 5.22. The molecule has 1 aliphatic heterocycles. The molecule has 0 saturated carbocycles. The van der Waals surface area contributed by atoms with Crippen LogP contribution in [0.2, 0.25) is 0 Å². The summed E-state index contributed by atoms with van der Waals surface area (Å²) in [5.41, 5.74) is 1.40. The molecule has 100 valence electrons. The lowest BCUT2D eigenvalue weighted by Gasteiger charge is -2.24. The minimum atomic E-state index is 0.296. The van der Waals surface area contributed by atoms with Crippen LogP contribution in [0.1, 0.15) is 18.4 Å². The van der Waals surface area contributed by atoms with Gasteiger partial charge in [0.2, 0.25) is 0 Å². The fraction of sp³-hybridized carbons (Fsp3) is 0.600. The van der Waals surface area contributed by atoms with Crippen molar-refractivity contribution in [3.8, 4) is 0 Å². The Morgan fingerprint density at radius 3 is 2.83 bits per heavy atom. The van der Waals surface area contributed by atoms with Gasteiger partial charge < -0.3 is 10.0 Å². The predicted octanol–water partition coefficient (Wildman–Crippen LogP) is 1.58. The first-order chi connectivity index (χ1) is 8.79. The Bertz CT molecular complexity index is 342. The van der Waals surface area contributed by atoms with Crippen LogP contribution in [-0.2, 0) is 6.54 Å². The van der Waals surface area contributed by atoms with Gasteiger partial charge in [0, 0.05) is 38.8 Å². The zero-order valence-electron chi connectivity index (χ0n) is 11.3. The first-order valence-corrected chi connectivity index (χ1v) is 6.87. The Morgan fingerprint density at radius 1 is 1.33 bits per heavy atom. The monoisotopic (exact) mass is 248 g/mol. The number of aliphatic hydroxyl groups is 1. The molecule has 0 amide bonds. The summed E-state index contributed by atoms with van der Waals surface area (Å²) in [5, 5.41) is 8.87. The third-order valence-corrected chi connectivity index (χ3v) is 3.79. The van der Waals surface area contributed by atoms with Crippen molar-refractivity contribution in [1.82, 2.24) is 9.80 Å². The van der Waals surface area contributed by atoms with Gasteiger partial charge in [-0.25, -0.2) is 0 Å². The van der Waals surface area contributed by atoms with E-state index in [1.807, 2.05) is 0 Å². The highest BCUT2D eigenvalue weighted by molar-refractivity contribution is 5.14. The number of hydrogen-bond donors (Lipinski definition) is 1. The van der Waals surface area contributed by atoms with E-state index in [0.29, 0.717) is 12.6 Å². The molecular formula is C15H24N2O. The van der Waals surface area contributed by atoms with E-state index in [1.54, 1.807) is 0 Å². The van der Waals surface area contributed by atoms with Crippen LogP contribution < -0.4 is 0 Å². The molecule has 0 bridgehead atoms. The molecule has 1 atom stereocenters. The lowest BCUT2D eigenvalue weighted by molar-refractivity contribution is 0.202. The summed E-state index contributed by atoms with van der Waals surface area (Å²) in [6.07, 6.45) is 2.13. The van der Waals surface area contributed by atoms with Gasteiger partial charge in [-0.3, -0.25) is 4.90 Å². The summed E-state index contributed by atoms with van der Waals surface area (Å²) in [5.74, 6) is 0. The fourth-order valence-corrected chi connectivity index (χ4v) is 2.66. The van der Waals surface area contributed by atoms with Crippen molar-refractivity contribution >= 4 is 0 Å². The highest BCUT2D eigenvalue weighted by atomic mass is 16.3. The minimum Gasteiger partial charge on any atom is -0.396 e. The third-order valence-electron chi connectivity index (χ3n) is 3.79. The lowest BCUT2D eigenvalue weighted by atomic mass is 10.2. The molecular weight excluding hydrogens is 224 g/mol. The van der Waals surface area contributed by atoms with Crippen molar-refractivity contribution < 1.29 is 5.11 Å². The quantitative estimate of drug-likeness (QED) is 0.828. The number of hydrogen-bond acceptors (Lipinski definition) is 3. The van der Waals surface area contributed by atoms with Crippen molar-refractivity contribution in [3.05, 3.63) is 35.9 Å². The first-order valence-electron chi connectivity index (χ1n) is 6.87. The number of likely N-dealkylation sites (N-methyl/N-ethyl adjacent to an activating group) is 1. The normalized spacial score (nSPS) is 20.7. The maximum Gasteiger partial charge on any atom is 0.0443 e. The molecule has 1 aromatic carbocycles. The molecule has 0 radical (unpaired) electrons. The van der Waals surface area contributed by atoms with Crippen molar-refractivity contribution in [1.29, 1.82) is 0 Å². The van der Waals surface area contributed by atoms with Gasteiger partial charge in [-0.05, 0) is 25.5 Å². The van der Waals surface area contributed by atoms with Crippen LogP contribution in [0, 0.1) is 0 Å². The van der Waals surface area contributed by atoms with E-state index in [-0.39, 0.29) is 0 Å².